The summed E-state index contributed by atoms with van der Waals surface area (Å²) in [6, 6.07) is 8.22. The Labute approximate surface area is 128 Å². The van der Waals surface area contributed by atoms with E-state index in [9.17, 15) is 4.79 Å². The Hall–Kier alpha value is -1.88. The molecule has 1 atom stereocenters. The van der Waals surface area contributed by atoms with Gasteiger partial charge in [-0.3, -0.25) is 4.79 Å². The summed E-state index contributed by atoms with van der Waals surface area (Å²) in [7, 11) is 0. The van der Waals surface area contributed by atoms with Crippen LogP contribution >= 0.6 is 11.3 Å². The zero-order valence-corrected chi connectivity index (χ0v) is 12.9. The number of nitrogens with one attached hydrogen (secondary N) is 2. The van der Waals surface area contributed by atoms with Gasteiger partial charge in [0.15, 0.2) is 0 Å². The van der Waals surface area contributed by atoms with Gasteiger partial charge in [0.05, 0.1) is 5.01 Å². The quantitative estimate of drug-likeness (QED) is 0.893. The lowest BCUT2D eigenvalue weighted by Crippen LogP contribution is -2.27. The lowest BCUT2D eigenvalue weighted by atomic mass is 9.97. The van der Waals surface area contributed by atoms with Gasteiger partial charge in [0.1, 0.15) is 0 Å². The number of rotatable bonds is 5. The monoisotopic (exact) mass is 301 g/mol. The van der Waals surface area contributed by atoms with Crippen LogP contribution in [0.1, 0.15) is 28.6 Å². The van der Waals surface area contributed by atoms with Gasteiger partial charge in [-0.05, 0) is 18.6 Å². The van der Waals surface area contributed by atoms with Crippen molar-refractivity contribution in [3.05, 3.63) is 45.9 Å². The number of thiazole rings is 1. The minimum atomic E-state index is 0.117. The van der Waals surface area contributed by atoms with E-state index >= 15 is 0 Å². The number of carbonyl (C=O) groups excluding carboxylic acids is 1. The number of anilines is 1. The Morgan fingerprint density at radius 3 is 3.14 bits per heavy atom. The number of hydrogen-bond acceptors (Lipinski definition) is 4. The van der Waals surface area contributed by atoms with Crippen molar-refractivity contribution in [2.24, 2.45) is 0 Å². The predicted molar refractivity (Wildman–Crippen MR) is 85.9 cm³/mol. The van der Waals surface area contributed by atoms with Gasteiger partial charge in [-0.15, -0.1) is 11.3 Å². The Morgan fingerprint density at radius 1 is 1.48 bits per heavy atom. The van der Waals surface area contributed by atoms with Crippen molar-refractivity contribution >= 4 is 22.9 Å². The number of carbonyl (C=O) groups is 1. The fraction of sp³-hybridized carbons (Fsp3) is 0.375. The molecule has 110 valence electrons. The van der Waals surface area contributed by atoms with Gasteiger partial charge >= 0.3 is 0 Å². The molecule has 21 heavy (non-hydrogen) atoms. The number of fused-ring (bicyclic) bond motifs is 1. The predicted octanol–water partition coefficient (Wildman–Crippen LogP) is 2.71. The number of aromatic nitrogens is 1. The van der Waals surface area contributed by atoms with E-state index in [2.05, 4.69) is 27.8 Å². The molecule has 5 heteroatoms. The van der Waals surface area contributed by atoms with E-state index in [1.807, 2.05) is 24.4 Å². The van der Waals surface area contributed by atoms with Crippen molar-refractivity contribution in [2.45, 2.75) is 25.7 Å². The van der Waals surface area contributed by atoms with E-state index in [-0.39, 0.29) is 11.8 Å². The molecule has 1 amide bonds. The molecular formula is C16H19N3OS. The van der Waals surface area contributed by atoms with Crippen LogP contribution in [0.15, 0.2) is 29.6 Å². The molecule has 0 saturated heterocycles. The zero-order valence-electron chi connectivity index (χ0n) is 12.1. The summed E-state index contributed by atoms with van der Waals surface area (Å²) in [6.45, 7) is 3.50. The Morgan fingerprint density at radius 2 is 2.33 bits per heavy atom. The second-order valence-corrected chi connectivity index (χ2v) is 6.29. The molecule has 3 rings (SSSR count). The number of aryl methyl sites for hydroxylation is 1. The van der Waals surface area contributed by atoms with Crippen LogP contribution in [-0.4, -0.2) is 24.0 Å². The molecule has 1 unspecified atom stereocenters. The van der Waals surface area contributed by atoms with Gasteiger partial charge in [-0.25, -0.2) is 4.98 Å². The van der Waals surface area contributed by atoms with Crippen LogP contribution in [0.3, 0.4) is 0 Å². The summed E-state index contributed by atoms with van der Waals surface area (Å²) in [5, 5.41) is 9.47. The highest BCUT2D eigenvalue weighted by atomic mass is 32.1. The van der Waals surface area contributed by atoms with E-state index in [1.165, 1.54) is 5.56 Å². The standard InChI is InChI=1S/C16H19N3OS/c1-11-10-21-16(19-11)6-7-17-15(20)8-12-9-18-14-5-3-2-4-13(12)14/h2-5,10,12,18H,6-9H2,1H3,(H,17,20). The topological polar surface area (TPSA) is 54.0 Å². The van der Waals surface area contributed by atoms with Crippen molar-refractivity contribution in [2.75, 3.05) is 18.4 Å². The molecule has 0 fully saturated rings. The third kappa shape index (κ3) is 3.42. The molecule has 0 aliphatic carbocycles. The third-order valence-electron chi connectivity index (χ3n) is 3.70. The van der Waals surface area contributed by atoms with Crippen molar-refractivity contribution in [3.63, 3.8) is 0 Å². The zero-order chi connectivity index (χ0) is 14.7. The minimum absolute atomic E-state index is 0.117. The molecule has 1 aliphatic rings. The summed E-state index contributed by atoms with van der Waals surface area (Å²) >= 11 is 1.65. The fourth-order valence-corrected chi connectivity index (χ4v) is 3.44. The van der Waals surface area contributed by atoms with Crippen LogP contribution in [0.25, 0.3) is 0 Å². The van der Waals surface area contributed by atoms with Crippen molar-refractivity contribution in [3.8, 4) is 0 Å². The molecule has 0 radical (unpaired) electrons. The van der Waals surface area contributed by atoms with Gasteiger partial charge in [-0.2, -0.15) is 0 Å². The molecule has 2 N–H and O–H groups in total. The average molecular weight is 301 g/mol. The molecule has 1 aromatic heterocycles. The maximum absolute atomic E-state index is 12.0. The average Bonchev–Trinajstić information content (AvgIpc) is 3.06. The van der Waals surface area contributed by atoms with Crippen molar-refractivity contribution in [1.29, 1.82) is 0 Å². The van der Waals surface area contributed by atoms with E-state index in [0.29, 0.717) is 13.0 Å². The maximum Gasteiger partial charge on any atom is 0.220 e. The van der Waals surface area contributed by atoms with Crippen LogP contribution < -0.4 is 10.6 Å². The largest absolute Gasteiger partial charge is 0.384 e. The van der Waals surface area contributed by atoms with E-state index in [1.54, 1.807) is 11.3 Å². The van der Waals surface area contributed by atoms with Gasteiger partial charge in [0, 0.05) is 48.6 Å². The van der Waals surface area contributed by atoms with E-state index in [4.69, 9.17) is 0 Å². The highest BCUT2D eigenvalue weighted by molar-refractivity contribution is 7.09. The minimum Gasteiger partial charge on any atom is -0.384 e. The first-order valence-corrected chi connectivity index (χ1v) is 8.11. The second kappa shape index (κ2) is 6.26. The maximum atomic E-state index is 12.0. The molecule has 4 nitrogen and oxygen atoms in total. The smallest absolute Gasteiger partial charge is 0.220 e. The van der Waals surface area contributed by atoms with Gasteiger partial charge in [0.2, 0.25) is 5.91 Å². The fourth-order valence-electron chi connectivity index (χ4n) is 2.66. The van der Waals surface area contributed by atoms with Gasteiger partial charge < -0.3 is 10.6 Å². The number of hydrogen-bond donors (Lipinski definition) is 2. The molecule has 1 aliphatic heterocycles. The molecule has 0 saturated carbocycles. The first-order chi connectivity index (χ1) is 10.2. The number of amides is 1. The molecule has 0 bridgehead atoms. The van der Waals surface area contributed by atoms with Crippen molar-refractivity contribution in [1.82, 2.24) is 10.3 Å². The molecule has 2 aromatic rings. The SMILES string of the molecule is Cc1csc(CCNC(=O)CC2CNc3ccccc32)n1. The van der Waals surface area contributed by atoms with E-state index in [0.717, 1.165) is 29.4 Å². The third-order valence-corrected chi connectivity index (χ3v) is 4.73. The molecule has 1 aromatic carbocycles. The van der Waals surface area contributed by atoms with Crippen LogP contribution in [-0.2, 0) is 11.2 Å². The van der Waals surface area contributed by atoms with Gasteiger partial charge in [0.25, 0.3) is 0 Å². The molecular weight excluding hydrogens is 282 g/mol. The summed E-state index contributed by atoms with van der Waals surface area (Å²) in [4.78, 5) is 16.4. The lowest BCUT2D eigenvalue weighted by molar-refractivity contribution is -0.121. The van der Waals surface area contributed by atoms with Crippen LogP contribution in [0.5, 0.6) is 0 Å². The summed E-state index contributed by atoms with van der Waals surface area (Å²) in [6.07, 6.45) is 1.35. The Balaban J connectivity index is 1.47. The number of nitrogens with zero attached hydrogens (tertiary/aromatic N) is 1. The highest BCUT2D eigenvalue weighted by Gasteiger charge is 2.23. The summed E-state index contributed by atoms with van der Waals surface area (Å²) < 4.78 is 0. The van der Waals surface area contributed by atoms with Crippen LogP contribution in [0, 0.1) is 6.92 Å². The summed E-state index contributed by atoms with van der Waals surface area (Å²) in [5.41, 5.74) is 3.46. The normalized spacial score (nSPS) is 16.3. The number of benzene rings is 1. The second-order valence-electron chi connectivity index (χ2n) is 5.35. The molecule has 2 heterocycles. The number of para-hydroxylation sites is 1. The first-order valence-electron chi connectivity index (χ1n) is 7.23. The van der Waals surface area contributed by atoms with Crippen LogP contribution in [0.2, 0.25) is 0 Å². The molecule has 0 spiro atoms. The van der Waals surface area contributed by atoms with Crippen LogP contribution in [0.4, 0.5) is 5.69 Å². The van der Waals surface area contributed by atoms with Gasteiger partial charge in [-0.1, -0.05) is 18.2 Å². The summed E-state index contributed by atoms with van der Waals surface area (Å²) in [5.74, 6) is 0.398. The van der Waals surface area contributed by atoms with Crippen molar-refractivity contribution < 1.29 is 4.79 Å². The first kappa shape index (κ1) is 14.1. The Bertz CT molecular complexity index is 638. The lowest BCUT2D eigenvalue weighted by Gasteiger charge is -2.10. The Kier molecular flexibility index (Phi) is 4.20. The van der Waals surface area contributed by atoms with E-state index < -0.39 is 0 Å². The highest BCUT2D eigenvalue weighted by Crippen LogP contribution is 2.32.